The first-order chi connectivity index (χ1) is 6.27. The van der Waals surface area contributed by atoms with Crippen LogP contribution in [0.25, 0.3) is 0 Å². The second-order valence-corrected chi connectivity index (χ2v) is 3.05. The number of ether oxygens (including phenoxy) is 1. The number of rotatable bonds is 1. The Bertz CT molecular complexity index is 349. The summed E-state index contributed by atoms with van der Waals surface area (Å²) in [6.45, 7) is 2.37. The molecule has 0 saturated carbocycles. The van der Waals surface area contributed by atoms with Gasteiger partial charge in [0.05, 0.1) is 0 Å². The highest BCUT2D eigenvalue weighted by Gasteiger charge is 2.16. The lowest BCUT2D eigenvalue weighted by atomic mass is 10.0. The number of hydrogen-bond acceptors (Lipinski definition) is 2. The zero-order valence-electron chi connectivity index (χ0n) is 7.25. The maximum absolute atomic E-state index is 12.8. The van der Waals surface area contributed by atoms with E-state index in [2.05, 4.69) is 11.4 Å². The molecule has 1 unspecified atom stereocenters. The normalized spacial score (nSPS) is 20.3. The molecule has 0 saturated heterocycles. The van der Waals surface area contributed by atoms with E-state index in [1.165, 1.54) is 12.1 Å². The van der Waals surface area contributed by atoms with Gasteiger partial charge in [-0.3, -0.25) is 0 Å². The van der Waals surface area contributed by atoms with Crippen LogP contribution in [-0.2, 0) is 4.74 Å². The Morgan fingerprint density at radius 1 is 1.62 bits per heavy atom. The van der Waals surface area contributed by atoms with Crippen LogP contribution in [0.1, 0.15) is 17.2 Å². The number of benzene rings is 1. The van der Waals surface area contributed by atoms with Gasteiger partial charge in [0.15, 0.2) is 0 Å². The van der Waals surface area contributed by atoms with E-state index in [0.29, 0.717) is 6.61 Å². The first-order valence-corrected chi connectivity index (χ1v) is 4.10. The average molecular weight is 178 g/mol. The lowest BCUT2D eigenvalue weighted by molar-refractivity contribution is 0.330. The Morgan fingerprint density at radius 2 is 2.46 bits per heavy atom. The Balaban J connectivity index is 2.34. The van der Waals surface area contributed by atoms with Crippen LogP contribution < -0.4 is 0 Å². The highest BCUT2D eigenvalue weighted by Crippen LogP contribution is 2.24. The van der Waals surface area contributed by atoms with E-state index in [0.717, 1.165) is 11.1 Å². The van der Waals surface area contributed by atoms with Crippen LogP contribution in [-0.4, -0.2) is 13.0 Å². The van der Waals surface area contributed by atoms with Crippen molar-refractivity contribution in [2.45, 2.75) is 13.0 Å². The third kappa shape index (κ3) is 1.54. The topological polar surface area (TPSA) is 21.6 Å². The fourth-order valence-corrected chi connectivity index (χ4v) is 1.43. The standard InChI is InChI=1S/C10H9FNO/c1-7-4-8(11)2-3-9(7)10-5-13-6-12-10/h2-4,10H,5H2,1H3. The van der Waals surface area contributed by atoms with Crippen LogP contribution in [0.15, 0.2) is 23.2 Å². The number of aliphatic imine (C=N–C) groups is 1. The molecule has 1 aliphatic heterocycles. The zero-order chi connectivity index (χ0) is 9.26. The molecule has 1 aromatic rings. The van der Waals surface area contributed by atoms with Crippen LogP contribution in [0.5, 0.6) is 0 Å². The smallest absolute Gasteiger partial charge is 0.273 e. The molecule has 2 nitrogen and oxygen atoms in total. The first kappa shape index (κ1) is 8.23. The molecule has 0 amide bonds. The predicted molar refractivity (Wildman–Crippen MR) is 47.3 cm³/mol. The van der Waals surface area contributed by atoms with Gasteiger partial charge in [0.1, 0.15) is 18.5 Å². The molecule has 1 atom stereocenters. The van der Waals surface area contributed by atoms with Crippen LogP contribution >= 0.6 is 0 Å². The molecule has 0 N–H and O–H groups in total. The lowest BCUT2D eigenvalue weighted by Gasteiger charge is -2.08. The molecule has 0 fully saturated rings. The van der Waals surface area contributed by atoms with Gasteiger partial charge in [-0.1, -0.05) is 6.07 Å². The monoisotopic (exact) mass is 178 g/mol. The number of nitrogens with zero attached hydrogens (tertiary/aromatic N) is 1. The summed E-state index contributed by atoms with van der Waals surface area (Å²) in [5, 5.41) is 0. The van der Waals surface area contributed by atoms with E-state index in [4.69, 9.17) is 4.74 Å². The summed E-state index contributed by atoms with van der Waals surface area (Å²) in [4.78, 5) is 4.00. The average Bonchev–Trinajstić information content (AvgIpc) is 2.56. The zero-order valence-corrected chi connectivity index (χ0v) is 7.25. The third-order valence-corrected chi connectivity index (χ3v) is 2.11. The Morgan fingerprint density at radius 3 is 3.08 bits per heavy atom. The van der Waals surface area contributed by atoms with E-state index in [-0.39, 0.29) is 11.9 Å². The summed E-state index contributed by atoms with van der Waals surface area (Å²) in [6.07, 6.45) is 2.44. The van der Waals surface area contributed by atoms with Gasteiger partial charge in [0.2, 0.25) is 0 Å². The van der Waals surface area contributed by atoms with E-state index < -0.39 is 0 Å². The van der Waals surface area contributed by atoms with Crippen molar-refractivity contribution < 1.29 is 9.13 Å². The van der Waals surface area contributed by atoms with Crippen molar-refractivity contribution in [1.82, 2.24) is 0 Å². The fraction of sp³-hybridized carbons (Fsp3) is 0.300. The molecule has 3 heteroatoms. The molecule has 0 aromatic heterocycles. The highest BCUT2D eigenvalue weighted by molar-refractivity contribution is 5.50. The largest absolute Gasteiger partial charge is 0.471 e. The van der Waals surface area contributed by atoms with Crippen molar-refractivity contribution in [2.75, 3.05) is 6.61 Å². The summed E-state index contributed by atoms with van der Waals surface area (Å²) in [5.74, 6) is -0.215. The van der Waals surface area contributed by atoms with Crippen molar-refractivity contribution in [1.29, 1.82) is 0 Å². The molecular formula is C10H9FNO. The van der Waals surface area contributed by atoms with Gasteiger partial charge in [-0.15, -0.1) is 0 Å². The molecule has 1 radical (unpaired) electrons. The maximum Gasteiger partial charge on any atom is 0.273 e. The van der Waals surface area contributed by atoms with Crippen molar-refractivity contribution in [2.24, 2.45) is 4.99 Å². The summed E-state index contributed by atoms with van der Waals surface area (Å²) < 4.78 is 17.6. The SMILES string of the molecule is Cc1cc(F)ccc1C1CO[C]=N1. The summed E-state index contributed by atoms with van der Waals surface area (Å²) in [7, 11) is 0. The van der Waals surface area contributed by atoms with Crippen LogP contribution in [0.4, 0.5) is 4.39 Å². The number of hydrogen-bond donors (Lipinski definition) is 0. The van der Waals surface area contributed by atoms with Gasteiger partial charge < -0.3 is 4.74 Å². The molecule has 0 bridgehead atoms. The van der Waals surface area contributed by atoms with Crippen molar-refractivity contribution in [3.63, 3.8) is 0 Å². The number of halogens is 1. The lowest BCUT2D eigenvalue weighted by Crippen LogP contribution is -2.00. The minimum absolute atomic E-state index is 0.0133. The fourth-order valence-electron chi connectivity index (χ4n) is 1.43. The predicted octanol–water partition coefficient (Wildman–Crippen LogP) is 2.11. The molecule has 2 rings (SSSR count). The first-order valence-electron chi connectivity index (χ1n) is 4.10. The van der Waals surface area contributed by atoms with Crippen LogP contribution in [0.3, 0.4) is 0 Å². The van der Waals surface area contributed by atoms with Gasteiger partial charge in [0.25, 0.3) is 6.40 Å². The van der Waals surface area contributed by atoms with Gasteiger partial charge >= 0.3 is 0 Å². The molecular weight excluding hydrogens is 169 g/mol. The summed E-state index contributed by atoms with van der Waals surface area (Å²) in [6, 6.07) is 4.68. The molecule has 1 aliphatic rings. The molecule has 1 heterocycles. The van der Waals surface area contributed by atoms with E-state index in [1.807, 2.05) is 6.92 Å². The van der Waals surface area contributed by atoms with Gasteiger partial charge in [-0.05, 0) is 30.2 Å². The van der Waals surface area contributed by atoms with E-state index in [9.17, 15) is 4.39 Å². The third-order valence-electron chi connectivity index (χ3n) is 2.11. The van der Waals surface area contributed by atoms with E-state index in [1.54, 1.807) is 6.07 Å². The molecule has 0 spiro atoms. The highest BCUT2D eigenvalue weighted by atomic mass is 19.1. The Hall–Kier alpha value is -1.38. The van der Waals surface area contributed by atoms with Gasteiger partial charge in [0, 0.05) is 0 Å². The van der Waals surface area contributed by atoms with Crippen molar-refractivity contribution >= 4 is 6.40 Å². The molecule has 1 aromatic carbocycles. The molecule has 67 valence electrons. The Kier molecular flexibility index (Phi) is 2.00. The molecule has 0 aliphatic carbocycles. The van der Waals surface area contributed by atoms with Gasteiger partial charge in [-0.25, -0.2) is 9.38 Å². The summed E-state index contributed by atoms with van der Waals surface area (Å²) >= 11 is 0. The van der Waals surface area contributed by atoms with Gasteiger partial charge in [-0.2, -0.15) is 0 Å². The Labute approximate surface area is 76.1 Å². The minimum Gasteiger partial charge on any atom is -0.471 e. The second kappa shape index (κ2) is 3.17. The minimum atomic E-state index is -0.215. The van der Waals surface area contributed by atoms with Crippen LogP contribution in [0.2, 0.25) is 0 Å². The second-order valence-electron chi connectivity index (χ2n) is 3.05. The summed E-state index contributed by atoms with van der Waals surface area (Å²) in [5.41, 5.74) is 1.91. The molecule has 13 heavy (non-hydrogen) atoms. The van der Waals surface area contributed by atoms with Crippen molar-refractivity contribution in [3.8, 4) is 0 Å². The number of aryl methyl sites for hydroxylation is 1. The van der Waals surface area contributed by atoms with E-state index >= 15 is 0 Å². The quantitative estimate of drug-likeness (QED) is 0.645. The maximum atomic E-state index is 12.8. The van der Waals surface area contributed by atoms with Crippen LogP contribution in [0, 0.1) is 12.7 Å². The van der Waals surface area contributed by atoms with Crippen molar-refractivity contribution in [3.05, 3.63) is 35.1 Å².